The lowest BCUT2D eigenvalue weighted by molar-refractivity contribution is 0.270. The lowest BCUT2D eigenvalue weighted by Gasteiger charge is -2.33. The summed E-state index contributed by atoms with van der Waals surface area (Å²) in [5.41, 5.74) is 0. The van der Waals surface area contributed by atoms with Gasteiger partial charge in [0.2, 0.25) is 0 Å². The molecule has 4 heteroatoms. The Labute approximate surface area is 156 Å². The van der Waals surface area contributed by atoms with Gasteiger partial charge in [-0.1, -0.05) is 0 Å². The highest BCUT2D eigenvalue weighted by Gasteiger charge is 2.56. The SMILES string of the molecule is SCCCCSC1CC2CC1C1CCC(SCCCCS)C21. The summed E-state index contributed by atoms with van der Waals surface area (Å²) < 4.78 is 0. The third-order valence-electron chi connectivity index (χ3n) is 6.16. The van der Waals surface area contributed by atoms with Crippen molar-refractivity contribution in [1.82, 2.24) is 0 Å². The van der Waals surface area contributed by atoms with Crippen LogP contribution >= 0.6 is 48.8 Å². The summed E-state index contributed by atoms with van der Waals surface area (Å²) in [5.74, 6) is 9.26. The normalized spacial score (nSPS) is 39.5. The van der Waals surface area contributed by atoms with Crippen molar-refractivity contribution in [2.24, 2.45) is 23.7 Å². The highest BCUT2D eigenvalue weighted by molar-refractivity contribution is 8.00. The van der Waals surface area contributed by atoms with Gasteiger partial charge in [0.15, 0.2) is 0 Å². The first-order chi connectivity index (χ1) is 10.8. The maximum atomic E-state index is 4.33. The fourth-order valence-electron chi connectivity index (χ4n) is 5.29. The van der Waals surface area contributed by atoms with Crippen molar-refractivity contribution < 1.29 is 0 Å². The van der Waals surface area contributed by atoms with Crippen molar-refractivity contribution in [1.29, 1.82) is 0 Å². The van der Waals surface area contributed by atoms with E-state index in [1.54, 1.807) is 19.3 Å². The molecular weight excluding hydrogens is 344 g/mol. The van der Waals surface area contributed by atoms with E-state index in [1.165, 1.54) is 43.6 Å². The zero-order valence-corrected chi connectivity index (χ0v) is 17.1. The summed E-state index contributed by atoms with van der Waals surface area (Å²) in [6.07, 6.45) is 11.5. The summed E-state index contributed by atoms with van der Waals surface area (Å²) in [6.45, 7) is 0. The van der Waals surface area contributed by atoms with Crippen LogP contribution in [-0.2, 0) is 0 Å². The van der Waals surface area contributed by atoms with Crippen LogP contribution in [0, 0.1) is 23.7 Å². The molecular formula is C18H32S4. The monoisotopic (exact) mass is 376 g/mol. The van der Waals surface area contributed by atoms with E-state index in [4.69, 9.17) is 0 Å². The smallest absolute Gasteiger partial charge is 0.00809 e. The molecule has 0 radical (unpaired) electrons. The van der Waals surface area contributed by atoms with E-state index >= 15 is 0 Å². The van der Waals surface area contributed by atoms with E-state index in [0.29, 0.717) is 0 Å². The minimum Gasteiger partial charge on any atom is -0.179 e. The van der Waals surface area contributed by atoms with Gasteiger partial charge >= 0.3 is 0 Å². The van der Waals surface area contributed by atoms with Crippen LogP contribution in [0.3, 0.4) is 0 Å². The molecule has 0 amide bonds. The molecule has 3 fully saturated rings. The first kappa shape index (κ1) is 18.2. The zero-order chi connectivity index (χ0) is 15.4. The molecule has 0 aromatic carbocycles. The predicted molar refractivity (Wildman–Crippen MR) is 111 cm³/mol. The Morgan fingerprint density at radius 3 is 2.09 bits per heavy atom. The minimum absolute atomic E-state index is 1.01. The standard InChI is InChI=1S/C18H32S4/c19-7-1-3-9-21-16-6-5-14-15-11-13(18(14)16)12-17(15)22-10-4-2-8-20/h13-20H,1-12H2. The van der Waals surface area contributed by atoms with E-state index in [-0.39, 0.29) is 0 Å². The van der Waals surface area contributed by atoms with Crippen molar-refractivity contribution >= 4 is 48.8 Å². The highest BCUT2D eigenvalue weighted by Crippen LogP contribution is 2.63. The summed E-state index contributed by atoms with van der Waals surface area (Å²) in [7, 11) is 0. The number of unbranched alkanes of at least 4 members (excludes halogenated alkanes) is 2. The average Bonchev–Trinajstić information content (AvgIpc) is 3.20. The Morgan fingerprint density at radius 2 is 1.41 bits per heavy atom. The Bertz CT molecular complexity index is 335. The maximum absolute atomic E-state index is 4.33. The number of hydrogen-bond acceptors (Lipinski definition) is 4. The van der Waals surface area contributed by atoms with Gasteiger partial charge in [-0.3, -0.25) is 0 Å². The van der Waals surface area contributed by atoms with Crippen LogP contribution in [0.25, 0.3) is 0 Å². The van der Waals surface area contributed by atoms with Crippen LogP contribution in [0.2, 0.25) is 0 Å². The highest BCUT2D eigenvalue weighted by atomic mass is 32.2. The van der Waals surface area contributed by atoms with E-state index in [0.717, 1.165) is 45.7 Å². The third-order valence-corrected chi connectivity index (χ3v) is 9.79. The molecule has 0 nitrogen and oxygen atoms in total. The van der Waals surface area contributed by atoms with Crippen LogP contribution in [-0.4, -0.2) is 33.5 Å². The molecule has 6 unspecified atom stereocenters. The van der Waals surface area contributed by atoms with Gasteiger partial charge in [-0.25, -0.2) is 0 Å². The second-order valence-corrected chi connectivity index (χ2v) is 11.0. The topological polar surface area (TPSA) is 0 Å². The number of hydrogen-bond donors (Lipinski definition) is 2. The summed E-state index contributed by atoms with van der Waals surface area (Å²) >= 11 is 13.3. The molecule has 0 aromatic rings. The largest absolute Gasteiger partial charge is 0.179 e. The molecule has 3 aliphatic rings. The van der Waals surface area contributed by atoms with Crippen LogP contribution in [0.5, 0.6) is 0 Å². The first-order valence-corrected chi connectivity index (χ1v) is 12.7. The Balaban J connectivity index is 1.43. The van der Waals surface area contributed by atoms with Crippen LogP contribution in [0.4, 0.5) is 0 Å². The Morgan fingerprint density at radius 1 is 0.727 bits per heavy atom. The summed E-state index contributed by atoms with van der Waals surface area (Å²) in [4.78, 5) is 0. The van der Waals surface area contributed by atoms with Gasteiger partial charge < -0.3 is 0 Å². The maximum Gasteiger partial charge on any atom is 0.00809 e. The molecule has 0 N–H and O–H groups in total. The van der Waals surface area contributed by atoms with Gasteiger partial charge in [-0.05, 0) is 98.0 Å². The number of rotatable bonds is 10. The molecule has 22 heavy (non-hydrogen) atoms. The van der Waals surface area contributed by atoms with Gasteiger partial charge in [0.1, 0.15) is 0 Å². The van der Waals surface area contributed by atoms with Gasteiger partial charge in [-0.15, -0.1) is 0 Å². The molecule has 0 saturated heterocycles. The molecule has 6 atom stereocenters. The molecule has 0 spiro atoms. The van der Waals surface area contributed by atoms with Crippen molar-refractivity contribution in [3.63, 3.8) is 0 Å². The van der Waals surface area contributed by atoms with E-state index in [9.17, 15) is 0 Å². The van der Waals surface area contributed by atoms with Gasteiger partial charge in [0.05, 0.1) is 0 Å². The average molecular weight is 377 g/mol. The van der Waals surface area contributed by atoms with E-state index in [1.807, 2.05) is 0 Å². The fraction of sp³-hybridized carbons (Fsp3) is 1.00. The van der Waals surface area contributed by atoms with E-state index < -0.39 is 0 Å². The number of thioether (sulfide) groups is 2. The lowest BCUT2D eigenvalue weighted by Crippen LogP contribution is -2.30. The minimum atomic E-state index is 1.01. The quantitative estimate of drug-likeness (QED) is 0.372. The van der Waals surface area contributed by atoms with Crippen molar-refractivity contribution in [3.05, 3.63) is 0 Å². The predicted octanol–water partition coefficient (Wildman–Crippen LogP) is 5.68. The fourth-order valence-corrected chi connectivity index (χ4v) is 8.98. The van der Waals surface area contributed by atoms with Gasteiger partial charge in [0.25, 0.3) is 0 Å². The number of fused-ring (bicyclic) bond motifs is 5. The molecule has 2 bridgehead atoms. The van der Waals surface area contributed by atoms with Crippen molar-refractivity contribution in [3.8, 4) is 0 Å². The van der Waals surface area contributed by atoms with Gasteiger partial charge in [-0.2, -0.15) is 48.8 Å². The Hall–Kier alpha value is 1.40. The van der Waals surface area contributed by atoms with Crippen molar-refractivity contribution in [2.75, 3.05) is 23.0 Å². The molecule has 0 aliphatic heterocycles. The molecule has 3 aliphatic carbocycles. The second kappa shape index (κ2) is 9.20. The van der Waals surface area contributed by atoms with Gasteiger partial charge in [0, 0.05) is 10.5 Å². The lowest BCUT2D eigenvalue weighted by atomic mass is 9.81. The molecule has 3 saturated carbocycles. The summed E-state index contributed by atoms with van der Waals surface area (Å²) in [5, 5.41) is 2.02. The molecule has 3 rings (SSSR count). The number of thiol groups is 2. The first-order valence-electron chi connectivity index (χ1n) is 9.30. The molecule has 128 valence electrons. The van der Waals surface area contributed by atoms with Crippen LogP contribution in [0.15, 0.2) is 0 Å². The van der Waals surface area contributed by atoms with Crippen LogP contribution in [0.1, 0.15) is 51.4 Å². The van der Waals surface area contributed by atoms with E-state index in [2.05, 4.69) is 48.8 Å². The van der Waals surface area contributed by atoms with Crippen LogP contribution < -0.4 is 0 Å². The third kappa shape index (κ3) is 4.14. The van der Waals surface area contributed by atoms with Crippen molar-refractivity contribution in [2.45, 2.75) is 61.9 Å². The summed E-state index contributed by atoms with van der Waals surface area (Å²) in [6, 6.07) is 0. The second-order valence-electron chi connectivity index (χ2n) is 7.39. The molecule has 0 aromatic heterocycles. The Kier molecular flexibility index (Phi) is 7.61. The zero-order valence-electron chi connectivity index (χ0n) is 13.7. The molecule has 0 heterocycles.